The van der Waals surface area contributed by atoms with Crippen LogP contribution in [0.2, 0.25) is 0 Å². The summed E-state index contributed by atoms with van der Waals surface area (Å²) in [7, 11) is 0. The Hall–Kier alpha value is -0.810. The summed E-state index contributed by atoms with van der Waals surface area (Å²) in [5.74, 6) is 0. The van der Waals surface area contributed by atoms with E-state index in [1.165, 1.54) is 0 Å². The first-order chi connectivity index (χ1) is 9.41. The zero-order valence-corrected chi connectivity index (χ0v) is 12.1. The van der Waals surface area contributed by atoms with Crippen LogP contribution in [-0.2, 0) is 14.2 Å². The van der Waals surface area contributed by atoms with Gasteiger partial charge in [0, 0.05) is 24.7 Å². The summed E-state index contributed by atoms with van der Waals surface area (Å²) in [6, 6.07) is 0. The predicted octanol–water partition coefficient (Wildman–Crippen LogP) is 3.32. The molecule has 0 fully saturated rings. The number of nitrogens with zero attached hydrogens (tertiary/aromatic N) is 3. The summed E-state index contributed by atoms with van der Waals surface area (Å²) >= 11 is 0. The van der Waals surface area contributed by atoms with Gasteiger partial charge in [-0.2, -0.15) is 0 Å². The fourth-order valence-electron chi connectivity index (χ4n) is 1.40. The molecule has 0 saturated carbocycles. The van der Waals surface area contributed by atoms with Gasteiger partial charge in [-0.1, -0.05) is 24.9 Å². The highest BCUT2D eigenvalue weighted by molar-refractivity contribution is 4.48. The standard InChI is InChI=1S/C13H27N3O3/c1-2-3-8-17-10-12-19-13-11-18-9-6-4-5-7-15-16-14/h2-13H2,1H3. The lowest BCUT2D eigenvalue weighted by Crippen LogP contribution is -2.10. The molecule has 0 aromatic carbocycles. The van der Waals surface area contributed by atoms with E-state index in [-0.39, 0.29) is 0 Å². The molecule has 6 nitrogen and oxygen atoms in total. The molecule has 0 radical (unpaired) electrons. The molecule has 0 aromatic heterocycles. The van der Waals surface area contributed by atoms with Crippen molar-refractivity contribution in [3.63, 3.8) is 0 Å². The second-order valence-electron chi connectivity index (χ2n) is 4.21. The van der Waals surface area contributed by atoms with Crippen LogP contribution in [0.4, 0.5) is 0 Å². The van der Waals surface area contributed by atoms with E-state index in [9.17, 15) is 0 Å². The van der Waals surface area contributed by atoms with E-state index in [0.29, 0.717) is 33.0 Å². The van der Waals surface area contributed by atoms with Gasteiger partial charge in [-0.15, -0.1) is 0 Å². The molecular formula is C13H27N3O3. The van der Waals surface area contributed by atoms with Crippen molar-refractivity contribution >= 4 is 0 Å². The summed E-state index contributed by atoms with van der Waals surface area (Å²) in [6.45, 7) is 6.85. The number of hydrogen-bond donors (Lipinski definition) is 0. The third-order valence-electron chi connectivity index (χ3n) is 2.50. The van der Waals surface area contributed by atoms with E-state index in [1.807, 2.05) is 0 Å². The summed E-state index contributed by atoms with van der Waals surface area (Å²) in [4.78, 5) is 2.70. The Morgan fingerprint density at radius 1 is 0.789 bits per heavy atom. The van der Waals surface area contributed by atoms with Gasteiger partial charge < -0.3 is 14.2 Å². The average Bonchev–Trinajstić information content (AvgIpc) is 2.43. The largest absolute Gasteiger partial charge is 0.379 e. The third-order valence-corrected chi connectivity index (χ3v) is 2.50. The number of unbranched alkanes of at least 4 members (excludes halogenated alkanes) is 3. The zero-order valence-electron chi connectivity index (χ0n) is 12.1. The van der Waals surface area contributed by atoms with Gasteiger partial charge in [0.2, 0.25) is 0 Å². The minimum atomic E-state index is 0.581. The molecule has 0 aromatic rings. The molecule has 0 heterocycles. The van der Waals surface area contributed by atoms with Crippen LogP contribution in [0, 0.1) is 0 Å². The first-order valence-electron chi connectivity index (χ1n) is 7.16. The first kappa shape index (κ1) is 18.2. The van der Waals surface area contributed by atoms with Gasteiger partial charge >= 0.3 is 0 Å². The summed E-state index contributed by atoms with van der Waals surface area (Å²) in [5.41, 5.74) is 8.08. The molecule has 0 aliphatic heterocycles. The van der Waals surface area contributed by atoms with Gasteiger partial charge in [0.05, 0.1) is 26.4 Å². The van der Waals surface area contributed by atoms with Crippen LogP contribution < -0.4 is 0 Å². The normalized spacial score (nSPS) is 10.4. The molecule has 6 heteroatoms. The van der Waals surface area contributed by atoms with E-state index in [2.05, 4.69) is 16.9 Å². The van der Waals surface area contributed by atoms with Crippen molar-refractivity contribution in [2.24, 2.45) is 5.11 Å². The number of ether oxygens (including phenoxy) is 3. The smallest absolute Gasteiger partial charge is 0.0701 e. The van der Waals surface area contributed by atoms with Crippen molar-refractivity contribution in [1.29, 1.82) is 0 Å². The highest BCUT2D eigenvalue weighted by Crippen LogP contribution is 1.96. The minimum Gasteiger partial charge on any atom is -0.379 e. The van der Waals surface area contributed by atoms with Crippen molar-refractivity contribution in [2.75, 3.05) is 46.2 Å². The molecule has 0 unspecified atom stereocenters. The van der Waals surface area contributed by atoms with Gasteiger partial charge in [-0.05, 0) is 24.8 Å². The molecule has 0 saturated heterocycles. The summed E-state index contributed by atoms with van der Waals surface area (Å²) in [6.07, 6.45) is 5.24. The summed E-state index contributed by atoms with van der Waals surface area (Å²) in [5, 5.41) is 3.47. The highest BCUT2D eigenvalue weighted by atomic mass is 16.5. The van der Waals surface area contributed by atoms with Crippen molar-refractivity contribution < 1.29 is 14.2 Å². The van der Waals surface area contributed by atoms with Gasteiger partial charge in [0.1, 0.15) is 0 Å². The van der Waals surface area contributed by atoms with Gasteiger partial charge in [0.15, 0.2) is 0 Å². The van der Waals surface area contributed by atoms with Crippen molar-refractivity contribution in [3.8, 4) is 0 Å². The second-order valence-corrected chi connectivity index (χ2v) is 4.21. The van der Waals surface area contributed by atoms with Crippen molar-refractivity contribution in [3.05, 3.63) is 10.4 Å². The van der Waals surface area contributed by atoms with Crippen LogP contribution in [0.5, 0.6) is 0 Å². The predicted molar refractivity (Wildman–Crippen MR) is 75.2 cm³/mol. The molecule has 0 bridgehead atoms. The Morgan fingerprint density at radius 2 is 1.37 bits per heavy atom. The molecule has 0 amide bonds. The Balaban J connectivity index is 2.93. The Morgan fingerprint density at radius 3 is 1.95 bits per heavy atom. The average molecular weight is 273 g/mol. The van der Waals surface area contributed by atoms with Crippen LogP contribution in [0.15, 0.2) is 5.11 Å². The Bertz CT molecular complexity index is 221. The van der Waals surface area contributed by atoms with Crippen LogP contribution in [0.1, 0.15) is 39.0 Å². The van der Waals surface area contributed by atoms with Crippen LogP contribution in [-0.4, -0.2) is 46.2 Å². The first-order valence-corrected chi connectivity index (χ1v) is 7.16. The maximum atomic E-state index is 8.08. The quantitative estimate of drug-likeness (QED) is 0.199. The topological polar surface area (TPSA) is 76.5 Å². The SMILES string of the molecule is CCCCOCCOCCOCCCCCN=[N+]=[N-]. The van der Waals surface area contributed by atoms with Gasteiger partial charge in [-0.25, -0.2) is 0 Å². The molecule has 19 heavy (non-hydrogen) atoms. The Labute approximate surface area is 116 Å². The minimum absolute atomic E-state index is 0.581. The maximum absolute atomic E-state index is 8.08. The van der Waals surface area contributed by atoms with E-state index in [1.54, 1.807) is 0 Å². The fraction of sp³-hybridized carbons (Fsp3) is 1.00. The van der Waals surface area contributed by atoms with Gasteiger partial charge in [0.25, 0.3) is 0 Å². The number of azide groups is 1. The monoisotopic (exact) mass is 273 g/mol. The molecule has 0 atom stereocenters. The number of hydrogen-bond acceptors (Lipinski definition) is 4. The second kappa shape index (κ2) is 17.2. The van der Waals surface area contributed by atoms with Gasteiger partial charge in [-0.3, -0.25) is 0 Å². The lowest BCUT2D eigenvalue weighted by atomic mass is 10.2. The lowest BCUT2D eigenvalue weighted by Gasteiger charge is -2.06. The van der Waals surface area contributed by atoms with Crippen LogP contribution >= 0.6 is 0 Å². The molecule has 0 N–H and O–H groups in total. The molecule has 112 valence electrons. The Kier molecular flexibility index (Phi) is 16.5. The maximum Gasteiger partial charge on any atom is 0.0701 e. The van der Waals surface area contributed by atoms with Crippen LogP contribution in [0.3, 0.4) is 0 Å². The highest BCUT2D eigenvalue weighted by Gasteiger charge is 1.92. The fourth-order valence-corrected chi connectivity index (χ4v) is 1.40. The molecular weight excluding hydrogens is 246 g/mol. The van der Waals surface area contributed by atoms with E-state index in [4.69, 9.17) is 19.7 Å². The van der Waals surface area contributed by atoms with Crippen LogP contribution in [0.25, 0.3) is 10.4 Å². The summed E-state index contributed by atoms with van der Waals surface area (Å²) < 4.78 is 16.2. The van der Waals surface area contributed by atoms with E-state index >= 15 is 0 Å². The molecule has 0 aliphatic rings. The number of rotatable bonds is 15. The molecule has 0 rings (SSSR count). The zero-order chi connectivity index (χ0) is 14.0. The van der Waals surface area contributed by atoms with Crippen molar-refractivity contribution in [1.82, 2.24) is 0 Å². The third kappa shape index (κ3) is 17.2. The lowest BCUT2D eigenvalue weighted by molar-refractivity contribution is 0.0134. The van der Waals surface area contributed by atoms with Crippen molar-refractivity contribution in [2.45, 2.75) is 39.0 Å². The molecule has 0 aliphatic carbocycles. The van der Waals surface area contributed by atoms with E-state index < -0.39 is 0 Å². The molecule has 0 spiro atoms. The van der Waals surface area contributed by atoms with E-state index in [0.717, 1.165) is 45.3 Å².